The van der Waals surface area contributed by atoms with Crippen molar-refractivity contribution in [3.63, 3.8) is 0 Å². The molecule has 0 saturated carbocycles. The molecule has 0 aliphatic heterocycles. The van der Waals surface area contributed by atoms with Crippen LogP contribution in [0.25, 0.3) is 0 Å². The van der Waals surface area contributed by atoms with Crippen LogP contribution in [0.4, 0.5) is 0 Å². The van der Waals surface area contributed by atoms with Gasteiger partial charge in [-0.2, -0.15) is 0 Å². The predicted molar refractivity (Wildman–Crippen MR) is 100 cm³/mol. The van der Waals surface area contributed by atoms with E-state index in [1.165, 1.54) is 0 Å². The summed E-state index contributed by atoms with van der Waals surface area (Å²) in [4.78, 5) is 4.53. The largest absolute Gasteiger partial charge is 0.456 e. The van der Waals surface area contributed by atoms with Gasteiger partial charge in [0.2, 0.25) is 0 Å². The first-order chi connectivity index (χ1) is 11.2. The van der Waals surface area contributed by atoms with Gasteiger partial charge in [-0.05, 0) is 32.8 Å². The van der Waals surface area contributed by atoms with Gasteiger partial charge in [-0.25, -0.2) is 0 Å². The fourth-order valence-corrected chi connectivity index (χ4v) is 1.89. The summed E-state index contributed by atoms with van der Waals surface area (Å²) in [5.74, 6) is 1.02. The third-order valence-corrected chi connectivity index (χ3v) is 2.96. The van der Waals surface area contributed by atoms with Crippen LogP contribution in [-0.4, -0.2) is 5.71 Å². The van der Waals surface area contributed by atoms with Crippen molar-refractivity contribution in [1.82, 2.24) is 0 Å². The Bertz CT molecular complexity index is 619. The second kappa shape index (κ2) is 11.0. The Morgan fingerprint density at radius 2 is 1.74 bits per heavy atom. The van der Waals surface area contributed by atoms with Gasteiger partial charge >= 0.3 is 0 Å². The Morgan fingerprint density at radius 3 is 2.39 bits per heavy atom. The molecule has 0 unspecified atom stereocenters. The van der Waals surface area contributed by atoms with E-state index in [9.17, 15) is 0 Å². The lowest BCUT2D eigenvalue weighted by Crippen LogP contribution is -2.06. The molecule has 0 aliphatic carbocycles. The monoisotopic (exact) mass is 307 g/mol. The number of ether oxygens (including phenoxy) is 1. The van der Waals surface area contributed by atoms with Gasteiger partial charge < -0.3 is 4.74 Å². The summed E-state index contributed by atoms with van der Waals surface area (Å²) in [6.45, 7) is 11.8. The molecular weight excluding hydrogens is 282 g/mol. The van der Waals surface area contributed by atoms with Gasteiger partial charge in [-0.15, -0.1) is 0 Å². The number of nitrogens with zero attached hydrogens (tertiary/aromatic N) is 1. The fourth-order valence-electron chi connectivity index (χ4n) is 1.89. The summed E-state index contributed by atoms with van der Waals surface area (Å²) in [5.41, 5.74) is 1.67. The van der Waals surface area contributed by atoms with E-state index < -0.39 is 0 Å². The van der Waals surface area contributed by atoms with E-state index >= 15 is 0 Å². The molecule has 1 aromatic carbocycles. The molecule has 2 nitrogen and oxygen atoms in total. The molecule has 0 fully saturated rings. The lowest BCUT2D eigenvalue weighted by molar-refractivity contribution is 0.349. The quantitative estimate of drug-likeness (QED) is 0.181. The molecule has 0 aromatic heterocycles. The second-order valence-corrected chi connectivity index (χ2v) is 4.87. The summed E-state index contributed by atoms with van der Waals surface area (Å²) in [6.07, 6.45) is 13.7. The molecule has 0 heterocycles. The summed E-state index contributed by atoms with van der Waals surface area (Å²) >= 11 is 0. The minimum absolute atomic E-state index is 0.484. The molecule has 1 rings (SSSR count). The summed E-state index contributed by atoms with van der Waals surface area (Å²) in [6, 6.07) is 9.87. The van der Waals surface area contributed by atoms with E-state index in [0.717, 1.165) is 18.4 Å². The van der Waals surface area contributed by atoms with Gasteiger partial charge in [0, 0.05) is 11.8 Å². The van der Waals surface area contributed by atoms with Crippen molar-refractivity contribution in [2.45, 2.75) is 26.7 Å². The lowest BCUT2D eigenvalue weighted by Gasteiger charge is -2.11. The highest BCUT2D eigenvalue weighted by Crippen LogP contribution is 2.13. The fraction of sp³-hybridized carbons (Fsp3) is 0.190. The van der Waals surface area contributed by atoms with Crippen LogP contribution in [0.3, 0.4) is 0 Å². The van der Waals surface area contributed by atoms with Gasteiger partial charge in [0.05, 0.1) is 0 Å². The van der Waals surface area contributed by atoms with E-state index in [-0.39, 0.29) is 0 Å². The first-order valence-corrected chi connectivity index (χ1v) is 7.77. The molecule has 23 heavy (non-hydrogen) atoms. The number of unbranched alkanes of at least 4 members (excludes halogenated alkanes) is 1. The molecule has 120 valence electrons. The van der Waals surface area contributed by atoms with Crippen molar-refractivity contribution in [2.24, 2.45) is 4.99 Å². The van der Waals surface area contributed by atoms with Crippen LogP contribution in [0, 0.1) is 0 Å². The van der Waals surface area contributed by atoms with Crippen LogP contribution in [0.5, 0.6) is 0 Å². The molecule has 0 atom stereocenters. The molecule has 0 N–H and O–H groups in total. The zero-order valence-electron chi connectivity index (χ0n) is 14.0. The Labute approximate surface area is 139 Å². The Hall–Kier alpha value is -2.61. The van der Waals surface area contributed by atoms with E-state index in [4.69, 9.17) is 4.74 Å². The van der Waals surface area contributed by atoms with Gasteiger partial charge in [-0.1, -0.05) is 67.8 Å². The average Bonchev–Trinajstić information content (AvgIpc) is 2.55. The number of aliphatic imine (C=N–C) groups is 1. The number of allylic oxidation sites excluding steroid dienone is 6. The normalized spacial score (nSPS) is 12.3. The first kappa shape index (κ1) is 18.4. The second-order valence-electron chi connectivity index (χ2n) is 4.87. The van der Waals surface area contributed by atoms with Crippen LogP contribution >= 0.6 is 0 Å². The summed E-state index contributed by atoms with van der Waals surface area (Å²) < 4.78 is 5.65. The molecule has 1 aromatic rings. The van der Waals surface area contributed by atoms with Crippen molar-refractivity contribution >= 4 is 5.71 Å². The molecule has 0 radical (unpaired) electrons. The van der Waals surface area contributed by atoms with Gasteiger partial charge in [0.25, 0.3) is 0 Å². The third-order valence-electron chi connectivity index (χ3n) is 2.96. The van der Waals surface area contributed by atoms with Gasteiger partial charge in [-0.3, -0.25) is 4.99 Å². The Morgan fingerprint density at radius 1 is 1.04 bits per heavy atom. The van der Waals surface area contributed by atoms with E-state index in [2.05, 4.69) is 30.3 Å². The molecule has 0 saturated heterocycles. The van der Waals surface area contributed by atoms with Crippen molar-refractivity contribution in [3.8, 4) is 0 Å². The molecule has 0 bridgehead atoms. The highest BCUT2D eigenvalue weighted by molar-refractivity contribution is 6.11. The molecule has 0 aliphatic rings. The minimum atomic E-state index is 0.484. The number of benzene rings is 1. The molecule has 0 amide bonds. The van der Waals surface area contributed by atoms with Crippen LogP contribution in [0.15, 0.2) is 96.6 Å². The number of hydrogen-bond donors (Lipinski definition) is 0. The molecule has 2 heteroatoms. The smallest absolute Gasteiger partial charge is 0.146 e. The third kappa shape index (κ3) is 7.28. The van der Waals surface area contributed by atoms with Crippen LogP contribution in [0.2, 0.25) is 0 Å². The Balaban J connectivity index is 2.89. The van der Waals surface area contributed by atoms with Crippen LogP contribution < -0.4 is 0 Å². The standard InChI is InChI=1S/C21H25NO/c1-5-7-8-9-13-17-22-21(20-15-11-10-12-16-20)19(4)23-18(3)14-6-2/h5-7,10-17H,3-4,8-9H2,1-2H3/b7-5-,14-6-,17-13-,22-21?. The SMILES string of the molecule is C=C(/C=C\C)OC(=C)C(=N/C=C\CC/C=C\C)c1ccccc1. The maximum Gasteiger partial charge on any atom is 0.146 e. The summed E-state index contributed by atoms with van der Waals surface area (Å²) in [7, 11) is 0. The van der Waals surface area contributed by atoms with E-state index in [1.807, 2.05) is 56.3 Å². The van der Waals surface area contributed by atoms with Crippen LogP contribution in [0.1, 0.15) is 32.3 Å². The van der Waals surface area contributed by atoms with E-state index in [1.54, 1.807) is 12.3 Å². The maximum atomic E-state index is 5.65. The highest BCUT2D eigenvalue weighted by Gasteiger charge is 2.09. The molecule has 0 spiro atoms. The summed E-state index contributed by atoms with van der Waals surface area (Å²) in [5, 5.41) is 0. The van der Waals surface area contributed by atoms with Crippen molar-refractivity contribution in [1.29, 1.82) is 0 Å². The van der Waals surface area contributed by atoms with E-state index in [0.29, 0.717) is 17.2 Å². The molecular formula is C21H25NO. The zero-order valence-corrected chi connectivity index (χ0v) is 14.0. The first-order valence-electron chi connectivity index (χ1n) is 7.77. The minimum Gasteiger partial charge on any atom is -0.456 e. The number of hydrogen-bond acceptors (Lipinski definition) is 2. The predicted octanol–water partition coefficient (Wildman–Crippen LogP) is 5.97. The van der Waals surface area contributed by atoms with Crippen molar-refractivity contribution in [2.75, 3.05) is 0 Å². The Kier molecular flexibility index (Phi) is 8.84. The zero-order chi connectivity index (χ0) is 16.9. The average molecular weight is 307 g/mol. The lowest BCUT2D eigenvalue weighted by atomic mass is 10.1. The maximum absolute atomic E-state index is 5.65. The van der Waals surface area contributed by atoms with Gasteiger partial charge in [0.15, 0.2) is 0 Å². The topological polar surface area (TPSA) is 21.6 Å². The highest BCUT2D eigenvalue weighted by atomic mass is 16.5. The van der Waals surface area contributed by atoms with Crippen LogP contribution in [-0.2, 0) is 4.74 Å². The van der Waals surface area contributed by atoms with Crippen molar-refractivity contribution < 1.29 is 4.74 Å². The van der Waals surface area contributed by atoms with Crippen molar-refractivity contribution in [3.05, 3.63) is 97.2 Å². The van der Waals surface area contributed by atoms with Gasteiger partial charge in [0.1, 0.15) is 17.2 Å². The number of rotatable bonds is 9.